The fourth-order valence-corrected chi connectivity index (χ4v) is 12.0. The molecule has 9 aromatic carbocycles. The van der Waals surface area contributed by atoms with Gasteiger partial charge in [-0.2, -0.15) is 0 Å². The van der Waals surface area contributed by atoms with Gasteiger partial charge < -0.3 is 0 Å². The summed E-state index contributed by atoms with van der Waals surface area (Å²) in [5, 5.41) is 0. The van der Waals surface area contributed by atoms with Gasteiger partial charge in [0, 0.05) is 0 Å². The van der Waals surface area contributed by atoms with Crippen molar-refractivity contribution in [3.05, 3.63) is 253 Å². The average Bonchev–Trinajstić information content (AvgIpc) is 4.08. The summed E-state index contributed by atoms with van der Waals surface area (Å²) in [5.41, 5.74) is 31.5. The molecule has 0 fully saturated rings. The Balaban J connectivity index is 0.861. The predicted molar refractivity (Wildman–Crippen MR) is 306 cm³/mol. The minimum absolute atomic E-state index is 0.170. The molecule has 0 aromatic heterocycles. The van der Waals surface area contributed by atoms with Crippen LogP contribution >= 0.6 is 0 Å². The molecule has 0 spiro atoms. The zero-order chi connectivity index (χ0) is 46.7. The maximum absolute atomic E-state index is 4.12. The summed E-state index contributed by atoms with van der Waals surface area (Å²) in [5.74, 6) is 4.53. The Morgan fingerprint density at radius 3 is 1.71 bits per heavy atom. The molecule has 70 heavy (non-hydrogen) atoms. The zero-order valence-electron chi connectivity index (χ0n) is 39.5. The van der Waals surface area contributed by atoms with Crippen LogP contribution in [0.5, 0.6) is 0 Å². The van der Waals surface area contributed by atoms with Crippen molar-refractivity contribution in [1.29, 1.82) is 0 Å². The van der Waals surface area contributed by atoms with Crippen LogP contribution in [0.25, 0.3) is 77.9 Å². The van der Waals surface area contributed by atoms with Crippen molar-refractivity contribution in [1.82, 2.24) is 0 Å². The molecule has 0 atom stereocenters. The molecule has 0 N–H and O–H groups in total. The molecule has 9 aromatic rings. The van der Waals surface area contributed by atoms with Gasteiger partial charge in [-0.3, -0.25) is 0 Å². The number of allylic oxidation sites excluding steroid dienone is 6. The standard InChI is InChI=1S/C67H49B3/c1-3-5-14-44(4-2)45-15-11-16-46(35-45)51-28-32-66-62(40-51)63-41-52(29-33-67(63)69(66)56-20-7-6-8-21-56)49-24-25-53-37-54-26-30-57(42-60(54)59(53)38-49)70-64-23-10-9-22-58(64)61-39-50(27-31-65(61)70)47-17-12-18-48(36-47)55-19-13-34-68-43-55/h3-12,14-18,20-36,38-43H,2,13,19,37H2,1H3/b5-3-,44-14+. The average molecular weight is 887 g/mol. The number of rotatable bonds is 9. The second-order valence-corrected chi connectivity index (χ2v) is 19.4. The van der Waals surface area contributed by atoms with E-state index < -0.39 is 0 Å². The van der Waals surface area contributed by atoms with Gasteiger partial charge in [0.15, 0.2) is 0 Å². The van der Waals surface area contributed by atoms with E-state index in [9.17, 15) is 0 Å². The van der Waals surface area contributed by atoms with Crippen molar-refractivity contribution in [2.75, 3.05) is 0 Å². The quantitative estimate of drug-likeness (QED) is 0.100. The van der Waals surface area contributed by atoms with Gasteiger partial charge in [0.1, 0.15) is 0 Å². The van der Waals surface area contributed by atoms with Crippen LogP contribution < -0.4 is 32.8 Å². The summed E-state index contributed by atoms with van der Waals surface area (Å²) in [6.07, 6.45) is 11.4. The second kappa shape index (κ2) is 17.5. The van der Waals surface area contributed by atoms with Gasteiger partial charge in [0.25, 0.3) is 0 Å². The van der Waals surface area contributed by atoms with Crippen LogP contribution in [-0.2, 0) is 6.42 Å². The predicted octanol–water partition coefficient (Wildman–Crippen LogP) is 12.0. The molecule has 3 heteroatoms. The second-order valence-electron chi connectivity index (χ2n) is 19.4. The van der Waals surface area contributed by atoms with E-state index in [2.05, 4.69) is 238 Å². The molecule has 3 aliphatic heterocycles. The van der Waals surface area contributed by atoms with Crippen molar-refractivity contribution in [2.45, 2.75) is 26.2 Å². The zero-order valence-corrected chi connectivity index (χ0v) is 39.5. The van der Waals surface area contributed by atoms with E-state index in [-0.39, 0.29) is 13.4 Å². The molecular weight excluding hydrogens is 837 g/mol. The van der Waals surface area contributed by atoms with E-state index in [1.54, 1.807) is 0 Å². The van der Waals surface area contributed by atoms with Crippen molar-refractivity contribution < 1.29 is 0 Å². The topological polar surface area (TPSA) is 0 Å². The van der Waals surface area contributed by atoms with E-state index in [0.29, 0.717) is 0 Å². The number of hydrogen-bond acceptors (Lipinski definition) is 0. The van der Waals surface area contributed by atoms with Gasteiger partial charge in [-0.15, -0.1) is 0 Å². The number of fused-ring (bicyclic) bond motifs is 9. The Morgan fingerprint density at radius 2 is 1.03 bits per heavy atom. The van der Waals surface area contributed by atoms with Crippen molar-refractivity contribution in [2.24, 2.45) is 0 Å². The molecule has 0 saturated heterocycles. The van der Waals surface area contributed by atoms with Gasteiger partial charge in [-0.05, 0) is 104 Å². The van der Waals surface area contributed by atoms with E-state index in [0.717, 1.165) is 30.4 Å². The van der Waals surface area contributed by atoms with Crippen LogP contribution in [-0.4, -0.2) is 26.3 Å². The molecule has 3 heterocycles. The Bertz CT molecular complexity index is 3730. The molecule has 0 radical (unpaired) electrons. The van der Waals surface area contributed by atoms with Gasteiger partial charge >= 0.3 is 167 Å². The molecule has 4 aliphatic rings. The summed E-state index contributed by atoms with van der Waals surface area (Å²) < 4.78 is 0. The molecule has 13 rings (SSSR count). The molecule has 326 valence electrons. The smallest absolute Gasteiger partial charge is 0.0686 e. The minimum Gasteiger partial charge on any atom is -0.0686 e. The first-order valence-electron chi connectivity index (χ1n) is 25.0. The van der Waals surface area contributed by atoms with Gasteiger partial charge in [0.2, 0.25) is 6.71 Å². The van der Waals surface area contributed by atoms with E-state index in [1.165, 1.54) is 122 Å². The first-order valence-corrected chi connectivity index (χ1v) is 25.0. The third kappa shape index (κ3) is 7.23. The summed E-state index contributed by atoms with van der Waals surface area (Å²) in [7, 11) is 0. The van der Waals surface area contributed by atoms with Crippen LogP contribution in [0.3, 0.4) is 0 Å². The van der Waals surface area contributed by atoms with Crippen LogP contribution in [0, 0.1) is 0 Å². The summed E-state index contributed by atoms with van der Waals surface area (Å²) in [6.45, 7) is 8.70. The first kappa shape index (κ1) is 42.1. The fourth-order valence-electron chi connectivity index (χ4n) is 12.0. The normalized spacial score (nSPS) is 13.8. The van der Waals surface area contributed by atoms with E-state index >= 15 is 0 Å². The van der Waals surface area contributed by atoms with Crippen LogP contribution in [0.15, 0.2) is 231 Å². The monoisotopic (exact) mass is 886 g/mol. The molecule has 1 aliphatic carbocycles. The summed E-state index contributed by atoms with van der Waals surface area (Å²) in [6, 6.07) is 74.1. The van der Waals surface area contributed by atoms with Crippen molar-refractivity contribution in [3.63, 3.8) is 0 Å². The van der Waals surface area contributed by atoms with E-state index in [4.69, 9.17) is 0 Å². The number of benzene rings is 9. The third-order valence-corrected chi connectivity index (χ3v) is 15.5. The number of hydrogen-bond donors (Lipinski definition) is 0. The molecule has 0 amide bonds. The Labute approximate surface area is 414 Å². The fraction of sp³-hybridized carbons (Fsp3) is 0.0597. The molecule has 0 nitrogen and oxygen atoms in total. The van der Waals surface area contributed by atoms with Crippen LogP contribution in [0.4, 0.5) is 0 Å². The molecule has 0 saturated carbocycles. The maximum atomic E-state index is 4.12. The SMILES string of the molecule is C=C/C(=C\C=C/C)c1cccc(-c2ccc3c(c2)-c2cc(-c4ccc5c(c4)-c4cc(B6c7ccccc7-c7cc(-c8cccc(C9=CB=CCC9)c8)ccc76)ccc4C5)ccc2B3c2ccccc2)c1. The van der Waals surface area contributed by atoms with Crippen LogP contribution in [0.1, 0.15) is 42.0 Å². The van der Waals surface area contributed by atoms with Crippen LogP contribution in [0.2, 0.25) is 0 Å². The molecular formula is C67H49B3. The first-order chi connectivity index (χ1) is 34.6. The van der Waals surface area contributed by atoms with E-state index in [1.807, 2.05) is 13.0 Å². The summed E-state index contributed by atoms with van der Waals surface area (Å²) >= 11 is 0. The van der Waals surface area contributed by atoms with Crippen molar-refractivity contribution in [3.8, 4) is 66.8 Å². The van der Waals surface area contributed by atoms with Gasteiger partial charge in [-0.25, -0.2) is 0 Å². The minimum atomic E-state index is 0.170. The Morgan fingerprint density at radius 1 is 0.471 bits per heavy atom. The summed E-state index contributed by atoms with van der Waals surface area (Å²) in [4.78, 5) is 0. The Hall–Kier alpha value is -8.00. The molecule has 0 bridgehead atoms. The van der Waals surface area contributed by atoms with Gasteiger partial charge in [-0.1, -0.05) is 138 Å². The Kier molecular flexibility index (Phi) is 10.5. The van der Waals surface area contributed by atoms with Gasteiger partial charge in [0.05, 0.1) is 0 Å². The third-order valence-electron chi connectivity index (χ3n) is 15.5. The molecule has 0 unspecified atom stereocenters. The van der Waals surface area contributed by atoms with Crippen molar-refractivity contribution >= 4 is 70.2 Å².